The summed E-state index contributed by atoms with van der Waals surface area (Å²) in [5.41, 5.74) is 2.94. The van der Waals surface area contributed by atoms with Gasteiger partial charge in [0, 0.05) is 42.7 Å². The molecule has 0 radical (unpaired) electrons. The molecule has 0 saturated heterocycles. The summed E-state index contributed by atoms with van der Waals surface area (Å²) in [6.07, 6.45) is 2.96. The topological polar surface area (TPSA) is 89.0 Å². The first-order valence-corrected chi connectivity index (χ1v) is 10.6. The zero-order chi connectivity index (χ0) is 24.2. The van der Waals surface area contributed by atoms with Crippen molar-refractivity contribution in [2.45, 2.75) is 12.8 Å². The Morgan fingerprint density at radius 1 is 1.09 bits per heavy atom. The number of methoxy groups -OCH3 is 1. The van der Waals surface area contributed by atoms with Crippen LogP contribution in [0.25, 0.3) is 22.2 Å². The molecular weight excluding hydrogens is 472 g/mol. The maximum Gasteiger partial charge on any atom is 0.251 e. The fourth-order valence-electron chi connectivity index (χ4n) is 3.81. The second kappa shape index (κ2) is 11.1. The molecular formula is C25H25F2N5O2S. The van der Waals surface area contributed by atoms with Crippen molar-refractivity contribution in [2.24, 2.45) is 0 Å². The van der Waals surface area contributed by atoms with Crippen LogP contribution in [-0.2, 0) is 0 Å². The van der Waals surface area contributed by atoms with Gasteiger partial charge in [-0.1, -0.05) is 25.1 Å². The van der Waals surface area contributed by atoms with Crippen molar-refractivity contribution >= 4 is 36.1 Å². The number of para-hydroxylation sites is 1. The lowest BCUT2D eigenvalue weighted by Gasteiger charge is -2.16. The van der Waals surface area contributed by atoms with Crippen LogP contribution in [0.3, 0.4) is 0 Å². The molecule has 0 unspecified atom stereocenters. The maximum atomic E-state index is 14.1. The van der Waals surface area contributed by atoms with Crippen LogP contribution in [0.15, 0.2) is 55.0 Å². The lowest BCUT2D eigenvalue weighted by molar-refractivity contribution is 0.0964. The summed E-state index contributed by atoms with van der Waals surface area (Å²) in [5.74, 6) is -1.70. The lowest BCUT2D eigenvalue weighted by atomic mass is 9.96. The highest BCUT2D eigenvalue weighted by Gasteiger charge is 2.16. The van der Waals surface area contributed by atoms with Gasteiger partial charge in [-0.3, -0.25) is 9.78 Å². The number of ether oxygens (including phenoxy) is 1. The molecule has 2 N–H and O–H groups in total. The summed E-state index contributed by atoms with van der Waals surface area (Å²) in [5, 5.41) is 6.68. The fourth-order valence-corrected chi connectivity index (χ4v) is 3.81. The lowest BCUT2D eigenvalue weighted by Crippen LogP contribution is -2.18. The summed E-state index contributed by atoms with van der Waals surface area (Å²) >= 11 is 0. The van der Waals surface area contributed by atoms with Gasteiger partial charge < -0.3 is 15.4 Å². The highest BCUT2D eigenvalue weighted by molar-refractivity contribution is 7.59. The molecule has 7 nitrogen and oxygen atoms in total. The van der Waals surface area contributed by atoms with Crippen molar-refractivity contribution in [3.8, 4) is 17.0 Å². The molecule has 0 aliphatic rings. The Morgan fingerprint density at radius 2 is 1.83 bits per heavy atom. The number of hydrogen-bond donors (Lipinski definition) is 2. The number of rotatable bonds is 7. The normalized spacial score (nSPS) is 11.5. The van der Waals surface area contributed by atoms with E-state index >= 15 is 0 Å². The van der Waals surface area contributed by atoms with Crippen LogP contribution >= 0.6 is 13.5 Å². The molecule has 182 valence electrons. The number of carbonyl (C=O) groups excluding carboxylic acids is 1. The molecule has 2 aromatic carbocycles. The van der Waals surface area contributed by atoms with Gasteiger partial charge in [0.05, 0.1) is 23.9 Å². The van der Waals surface area contributed by atoms with E-state index in [1.54, 1.807) is 25.4 Å². The molecule has 0 saturated carbocycles. The first kappa shape index (κ1) is 25.8. The minimum absolute atomic E-state index is 0. The Balaban J connectivity index is 0.00000342. The first-order chi connectivity index (χ1) is 16.4. The number of aromatic nitrogens is 3. The molecule has 0 aliphatic carbocycles. The summed E-state index contributed by atoms with van der Waals surface area (Å²) in [4.78, 5) is 25.1. The molecule has 1 atom stereocenters. The number of anilines is 1. The van der Waals surface area contributed by atoms with Gasteiger partial charge in [0.1, 0.15) is 12.1 Å². The van der Waals surface area contributed by atoms with E-state index in [0.717, 1.165) is 16.5 Å². The van der Waals surface area contributed by atoms with E-state index in [1.807, 2.05) is 25.1 Å². The number of nitrogens with one attached hydrogen (secondary N) is 2. The summed E-state index contributed by atoms with van der Waals surface area (Å²) in [6, 6.07) is 11.4. The minimum atomic E-state index is -0.807. The molecule has 0 spiro atoms. The number of hydrogen-bond acceptors (Lipinski definition) is 6. The Bertz CT molecular complexity index is 1350. The van der Waals surface area contributed by atoms with Crippen LogP contribution in [0, 0.1) is 11.6 Å². The third kappa shape index (κ3) is 5.32. The molecule has 10 heteroatoms. The Morgan fingerprint density at radius 3 is 2.51 bits per heavy atom. The van der Waals surface area contributed by atoms with Crippen LogP contribution in [0.5, 0.6) is 5.75 Å². The van der Waals surface area contributed by atoms with Crippen molar-refractivity contribution < 1.29 is 18.3 Å². The van der Waals surface area contributed by atoms with Crippen LogP contribution < -0.4 is 15.4 Å². The highest BCUT2D eigenvalue weighted by atomic mass is 32.1. The fraction of sp³-hybridized carbons (Fsp3) is 0.200. The molecule has 1 amide bonds. The van der Waals surface area contributed by atoms with E-state index in [4.69, 9.17) is 4.74 Å². The monoisotopic (exact) mass is 497 g/mol. The van der Waals surface area contributed by atoms with Gasteiger partial charge in [-0.2, -0.15) is 13.5 Å². The zero-order valence-corrected chi connectivity index (χ0v) is 20.4. The molecule has 2 aromatic heterocycles. The Labute approximate surface area is 208 Å². The number of pyridine rings is 1. The zero-order valence-electron chi connectivity index (χ0n) is 19.4. The minimum Gasteiger partial charge on any atom is -0.491 e. The van der Waals surface area contributed by atoms with Gasteiger partial charge in [0.25, 0.3) is 5.91 Å². The van der Waals surface area contributed by atoms with Gasteiger partial charge in [0.2, 0.25) is 0 Å². The summed E-state index contributed by atoms with van der Waals surface area (Å²) < 4.78 is 33.0. The number of benzene rings is 2. The van der Waals surface area contributed by atoms with E-state index in [1.165, 1.54) is 25.6 Å². The number of fused-ring (bicyclic) bond motifs is 1. The average Bonchev–Trinajstić information content (AvgIpc) is 2.86. The van der Waals surface area contributed by atoms with Crippen molar-refractivity contribution in [2.75, 3.05) is 26.0 Å². The molecule has 0 fully saturated rings. The van der Waals surface area contributed by atoms with E-state index in [0.29, 0.717) is 23.6 Å². The van der Waals surface area contributed by atoms with Gasteiger partial charge in [-0.15, -0.1) is 0 Å². The molecule has 4 aromatic rings. The second-order valence-electron chi connectivity index (χ2n) is 7.72. The van der Waals surface area contributed by atoms with Crippen molar-refractivity contribution in [1.29, 1.82) is 0 Å². The van der Waals surface area contributed by atoms with Crippen molar-refractivity contribution in [3.63, 3.8) is 0 Å². The maximum absolute atomic E-state index is 14.1. The van der Waals surface area contributed by atoms with Crippen molar-refractivity contribution in [1.82, 2.24) is 20.3 Å². The standard InChI is InChI=1S/C25H23F2N5O2.H2S/c1-14(16-5-4-6-17-18(25(33)28-2)7-8-29-23(16)17)12-30-22-11-21(31-13-32-22)15-9-19(26)24(34-3)20(27)10-15;/h4-11,13-14H,12H2,1-3H3,(H,28,33)(H,30,31,32);1H2/t14-;/m1./s1. The van der Waals surface area contributed by atoms with Crippen LogP contribution in [0.1, 0.15) is 28.8 Å². The smallest absolute Gasteiger partial charge is 0.251 e. The average molecular weight is 498 g/mol. The molecule has 0 bridgehead atoms. The van der Waals surface area contributed by atoms with Gasteiger partial charge in [-0.25, -0.2) is 18.7 Å². The van der Waals surface area contributed by atoms with Crippen LogP contribution in [0.2, 0.25) is 0 Å². The predicted molar refractivity (Wildman–Crippen MR) is 136 cm³/mol. The highest BCUT2D eigenvalue weighted by Crippen LogP contribution is 2.29. The number of carbonyl (C=O) groups is 1. The third-order valence-electron chi connectivity index (χ3n) is 5.56. The van der Waals surface area contributed by atoms with Crippen LogP contribution in [-0.4, -0.2) is 41.6 Å². The molecule has 0 aliphatic heterocycles. The van der Waals surface area contributed by atoms with E-state index in [-0.39, 0.29) is 30.9 Å². The SMILES string of the molecule is CNC(=O)c1ccnc2c([C@H](C)CNc3cc(-c4cc(F)c(OC)c(F)c4)ncn3)cccc12.S. The number of halogens is 2. The van der Waals surface area contributed by atoms with E-state index in [9.17, 15) is 13.6 Å². The van der Waals surface area contributed by atoms with Crippen LogP contribution in [0.4, 0.5) is 14.6 Å². The van der Waals surface area contributed by atoms with E-state index in [2.05, 4.69) is 25.6 Å². The second-order valence-corrected chi connectivity index (χ2v) is 7.72. The van der Waals surface area contributed by atoms with E-state index < -0.39 is 17.4 Å². The number of amides is 1. The molecule has 2 heterocycles. The largest absolute Gasteiger partial charge is 0.491 e. The van der Waals surface area contributed by atoms with Gasteiger partial charge in [0.15, 0.2) is 17.4 Å². The third-order valence-corrected chi connectivity index (χ3v) is 5.56. The first-order valence-electron chi connectivity index (χ1n) is 10.6. The molecule has 35 heavy (non-hydrogen) atoms. The quantitative estimate of drug-likeness (QED) is 0.386. The Kier molecular flexibility index (Phi) is 8.18. The number of nitrogens with zero attached hydrogens (tertiary/aromatic N) is 3. The van der Waals surface area contributed by atoms with Crippen molar-refractivity contribution in [3.05, 3.63) is 77.8 Å². The van der Waals surface area contributed by atoms with Gasteiger partial charge in [-0.05, 0) is 23.8 Å². The molecule has 4 rings (SSSR count). The Hall–Kier alpha value is -3.79. The predicted octanol–water partition coefficient (Wildman–Crippen LogP) is 4.67. The van der Waals surface area contributed by atoms with Gasteiger partial charge >= 0.3 is 0 Å². The summed E-state index contributed by atoms with van der Waals surface area (Å²) in [6.45, 7) is 2.54. The summed E-state index contributed by atoms with van der Waals surface area (Å²) in [7, 11) is 2.80.